The number of carbonyl (C=O) groups excluding carboxylic acids is 2. The van der Waals surface area contributed by atoms with Gasteiger partial charge in [0.15, 0.2) is 0 Å². The second kappa shape index (κ2) is 8.79. The first-order valence-corrected chi connectivity index (χ1v) is 9.17. The van der Waals surface area contributed by atoms with Crippen molar-refractivity contribution >= 4 is 23.2 Å². The average Bonchev–Trinajstić information content (AvgIpc) is 2.91. The van der Waals surface area contributed by atoms with E-state index in [1.807, 2.05) is 30.3 Å². The highest BCUT2D eigenvalue weighted by molar-refractivity contribution is 6.23. The monoisotopic (exact) mass is 368 g/mol. The Labute approximate surface area is 158 Å². The van der Waals surface area contributed by atoms with Crippen molar-refractivity contribution in [1.29, 1.82) is 0 Å². The number of hydrogen-bond donors (Lipinski definition) is 3. The molecule has 3 unspecified atom stereocenters. The van der Waals surface area contributed by atoms with Crippen LogP contribution in [0.25, 0.3) is 0 Å². The van der Waals surface area contributed by atoms with Crippen molar-refractivity contribution in [1.82, 2.24) is 0 Å². The van der Waals surface area contributed by atoms with Crippen LogP contribution in [0.15, 0.2) is 60.7 Å². The largest absolute Gasteiger partial charge is 0.396 e. The number of nitrogens with zero attached hydrogens (tertiary/aromatic N) is 1. The summed E-state index contributed by atoms with van der Waals surface area (Å²) in [6.45, 7) is 0.0638. The minimum Gasteiger partial charge on any atom is -0.396 e. The van der Waals surface area contributed by atoms with Crippen molar-refractivity contribution in [2.45, 2.75) is 31.4 Å². The smallest absolute Gasteiger partial charge is 0.263 e. The van der Waals surface area contributed by atoms with E-state index < -0.39 is 29.9 Å². The summed E-state index contributed by atoms with van der Waals surface area (Å²) in [5, 5.41) is 22.9. The van der Waals surface area contributed by atoms with Gasteiger partial charge in [0.1, 0.15) is 6.10 Å². The van der Waals surface area contributed by atoms with Gasteiger partial charge in [0.2, 0.25) is 5.91 Å². The summed E-state index contributed by atoms with van der Waals surface area (Å²) in [6, 6.07) is 17.6. The fourth-order valence-electron chi connectivity index (χ4n) is 3.47. The van der Waals surface area contributed by atoms with Gasteiger partial charge in [-0.25, -0.2) is 4.90 Å². The zero-order chi connectivity index (χ0) is 19.2. The molecule has 1 heterocycles. The number of benzene rings is 2. The zero-order valence-corrected chi connectivity index (χ0v) is 15.0. The van der Waals surface area contributed by atoms with E-state index in [0.29, 0.717) is 24.9 Å². The molecule has 0 bridgehead atoms. The summed E-state index contributed by atoms with van der Waals surface area (Å²) >= 11 is 0. The molecule has 27 heavy (non-hydrogen) atoms. The maximum atomic E-state index is 13.0. The van der Waals surface area contributed by atoms with Gasteiger partial charge in [0.05, 0.1) is 11.6 Å². The number of hydrogen-bond acceptors (Lipinski definition) is 5. The van der Waals surface area contributed by atoms with Crippen molar-refractivity contribution in [3.05, 3.63) is 60.7 Å². The van der Waals surface area contributed by atoms with Crippen molar-refractivity contribution < 1.29 is 19.8 Å². The van der Waals surface area contributed by atoms with Gasteiger partial charge in [0.25, 0.3) is 5.91 Å². The number of aliphatic hydroxyl groups is 2. The molecule has 0 radical (unpaired) electrons. The van der Waals surface area contributed by atoms with E-state index in [-0.39, 0.29) is 6.61 Å². The maximum Gasteiger partial charge on any atom is 0.263 e. The number of rotatable bonds is 8. The fourth-order valence-corrected chi connectivity index (χ4v) is 3.47. The average molecular weight is 368 g/mol. The predicted octanol–water partition coefficient (Wildman–Crippen LogP) is 2.18. The first kappa shape index (κ1) is 19.1. The third-order valence-electron chi connectivity index (χ3n) is 4.82. The molecule has 0 saturated carbocycles. The molecule has 2 aromatic rings. The minimum absolute atomic E-state index is 0.0638. The van der Waals surface area contributed by atoms with Gasteiger partial charge in [-0.3, -0.25) is 9.59 Å². The van der Waals surface area contributed by atoms with Crippen molar-refractivity contribution in [2.24, 2.45) is 5.92 Å². The van der Waals surface area contributed by atoms with Gasteiger partial charge in [-0.15, -0.1) is 0 Å². The Morgan fingerprint density at radius 1 is 0.926 bits per heavy atom. The third-order valence-corrected chi connectivity index (χ3v) is 4.82. The van der Waals surface area contributed by atoms with Crippen LogP contribution in [-0.4, -0.2) is 40.8 Å². The van der Waals surface area contributed by atoms with Gasteiger partial charge in [-0.2, -0.15) is 0 Å². The normalized spacial score (nSPS) is 20.7. The van der Waals surface area contributed by atoms with Crippen LogP contribution in [0, 0.1) is 5.92 Å². The number of anilines is 2. The number of carbonyl (C=O) groups is 2. The molecular formula is C21H24N2O4. The molecule has 3 rings (SSSR count). The molecule has 1 saturated heterocycles. The van der Waals surface area contributed by atoms with Gasteiger partial charge in [-0.05, 0) is 43.5 Å². The molecule has 142 valence electrons. The van der Waals surface area contributed by atoms with Crippen LogP contribution in [-0.2, 0) is 9.59 Å². The van der Waals surface area contributed by atoms with Gasteiger partial charge in [0, 0.05) is 18.3 Å². The summed E-state index contributed by atoms with van der Waals surface area (Å²) in [5.41, 5.74) is 1.28. The zero-order valence-electron chi connectivity index (χ0n) is 15.0. The van der Waals surface area contributed by atoms with Crippen LogP contribution in [0.2, 0.25) is 0 Å². The standard InChI is InChI=1S/C21H24N2O4/c24-14-8-7-13-17(22-15-9-3-1-4-10-15)18-19(25)21(27)23(20(18)26)16-11-5-2-6-12-16/h1-6,9-12,17-19,22,24-25H,7-8,13-14H2. The first-order chi connectivity index (χ1) is 13.1. The Morgan fingerprint density at radius 2 is 1.56 bits per heavy atom. The summed E-state index contributed by atoms with van der Waals surface area (Å²) in [5.74, 6) is -1.88. The molecule has 3 atom stereocenters. The molecule has 6 heteroatoms. The fraction of sp³-hybridized carbons (Fsp3) is 0.333. The van der Waals surface area contributed by atoms with Crippen molar-refractivity contribution in [3.63, 3.8) is 0 Å². The number of unbranched alkanes of at least 4 members (excludes halogenated alkanes) is 1. The number of amides is 2. The Hall–Kier alpha value is -2.70. The molecule has 2 amide bonds. The van der Waals surface area contributed by atoms with E-state index in [1.165, 1.54) is 0 Å². The molecule has 0 aromatic heterocycles. The van der Waals surface area contributed by atoms with Crippen LogP contribution in [0.4, 0.5) is 11.4 Å². The molecule has 2 aromatic carbocycles. The van der Waals surface area contributed by atoms with E-state index in [4.69, 9.17) is 5.11 Å². The van der Waals surface area contributed by atoms with E-state index in [9.17, 15) is 14.7 Å². The van der Waals surface area contributed by atoms with Gasteiger partial charge in [-0.1, -0.05) is 36.4 Å². The number of imide groups is 1. The summed E-state index contributed by atoms with van der Waals surface area (Å²) in [4.78, 5) is 26.7. The Bertz CT molecular complexity index is 766. The maximum absolute atomic E-state index is 13.0. The van der Waals surface area contributed by atoms with E-state index in [2.05, 4.69) is 5.32 Å². The first-order valence-electron chi connectivity index (χ1n) is 9.17. The number of aliphatic hydroxyl groups excluding tert-OH is 2. The Morgan fingerprint density at radius 3 is 2.19 bits per heavy atom. The third kappa shape index (κ3) is 4.18. The molecule has 1 fully saturated rings. The van der Waals surface area contributed by atoms with Crippen molar-refractivity contribution in [2.75, 3.05) is 16.8 Å². The highest BCUT2D eigenvalue weighted by Gasteiger charge is 2.50. The topological polar surface area (TPSA) is 89.9 Å². The van der Waals surface area contributed by atoms with Crippen LogP contribution < -0.4 is 10.2 Å². The lowest BCUT2D eigenvalue weighted by Crippen LogP contribution is -2.39. The van der Waals surface area contributed by atoms with Crippen LogP contribution >= 0.6 is 0 Å². The SMILES string of the molecule is O=C1C(O)C(C(CCCCO)Nc2ccccc2)C(=O)N1c1ccccc1. The second-order valence-corrected chi connectivity index (χ2v) is 6.65. The number of para-hydroxylation sites is 2. The lowest BCUT2D eigenvalue weighted by atomic mass is 9.91. The summed E-state index contributed by atoms with van der Waals surface area (Å²) in [7, 11) is 0. The summed E-state index contributed by atoms with van der Waals surface area (Å²) in [6.07, 6.45) is 0.434. The van der Waals surface area contributed by atoms with E-state index in [1.54, 1.807) is 30.3 Å². The number of nitrogens with one attached hydrogen (secondary N) is 1. The molecular weight excluding hydrogens is 344 g/mol. The summed E-state index contributed by atoms with van der Waals surface area (Å²) < 4.78 is 0. The van der Waals surface area contributed by atoms with Gasteiger partial charge >= 0.3 is 0 Å². The molecule has 1 aliphatic heterocycles. The van der Waals surface area contributed by atoms with Crippen LogP contribution in [0.3, 0.4) is 0 Å². The van der Waals surface area contributed by atoms with Crippen molar-refractivity contribution in [3.8, 4) is 0 Å². The van der Waals surface area contributed by atoms with Crippen LogP contribution in [0.5, 0.6) is 0 Å². The van der Waals surface area contributed by atoms with Crippen LogP contribution in [0.1, 0.15) is 19.3 Å². The quantitative estimate of drug-likeness (QED) is 0.491. The minimum atomic E-state index is -1.40. The molecule has 1 aliphatic rings. The molecule has 0 spiro atoms. The van der Waals surface area contributed by atoms with Gasteiger partial charge < -0.3 is 15.5 Å². The molecule has 0 aliphatic carbocycles. The second-order valence-electron chi connectivity index (χ2n) is 6.65. The molecule has 6 nitrogen and oxygen atoms in total. The van der Waals surface area contributed by atoms with E-state index in [0.717, 1.165) is 10.6 Å². The highest BCUT2D eigenvalue weighted by Crippen LogP contribution is 2.31. The Balaban J connectivity index is 1.86. The lowest BCUT2D eigenvalue weighted by molar-refractivity contribution is -0.125. The lowest BCUT2D eigenvalue weighted by Gasteiger charge is -2.26. The predicted molar refractivity (Wildman–Crippen MR) is 103 cm³/mol. The Kier molecular flexibility index (Phi) is 6.21. The molecule has 3 N–H and O–H groups in total. The highest BCUT2D eigenvalue weighted by atomic mass is 16.3. The van der Waals surface area contributed by atoms with E-state index >= 15 is 0 Å².